The zero-order valence-corrected chi connectivity index (χ0v) is 17.0. The fourth-order valence-electron chi connectivity index (χ4n) is 2.43. The highest BCUT2D eigenvalue weighted by Crippen LogP contribution is 2.26. The summed E-state index contributed by atoms with van der Waals surface area (Å²) in [6, 6.07) is 14.9. The first kappa shape index (κ1) is 20.6. The average molecular weight is 431 g/mol. The minimum Gasteiger partial charge on any atom is -0.495 e. The Bertz CT molecular complexity index is 1120. The molecule has 0 saturated carbocycles. The Balaban J connectivity index is 1.69. The third-order valence-corrected chi connectivity index (χ3v) is 6.47. The summed E-state index contributed by atoms with van der Waals surface area (Å²) in [5, 5.41) is 2.93. The van der Waals surface area contributed by atoms with Crippen LogP contribution in [0.25, 0.3) is 0 Å². The predicted molar refractivity (Wildman–Crippen MR) is 111 cm³/mol. The smallest absolute Gasteiger partial charge is 0.234 e. The van der Waals surface area contributed by atoms with Gasteiger partial charge in [-0.15, -0.1) is 0 Å². The van der Waals surface area contributed by atoms with E-state index in [9.17, 15) is 13.2 Å². The normalized spacial score (nSPS) is 11.1. The van der Waals surface area contributed by atoms with Crippen LogP contribution in [0.5, 0.6) is 5.75 Å². The van der Waals surface area contributed by atoms with E-state index in [1.807, 2.05) is 0 Å². The molecule has 2 aromatic carbocycles. The van der Waals surface area contributed by atoms with Crippen LogP contribution in [0.4, 0.5) is 11.5 Å². The van der Waals surface area contributed by atoms with E-state index in [4.69, 9.17) is 10.5 Å². The first-order valence-corrected chi connectivity index (χ1v) is 10.9. The van der Waals surface area contributed by atoms with Crippen molar-refractivity contribution in [1.82, 2.24) is 9.97 Å². The van der Waals surface area contributed by atoms with E-state index < -0.39 is 9.84 Å². The van der Waals surface area contributed by atoms with Crippen LogP contribution in [-0.4, -0.2) is 37.2 Å². The molecule has 1 aromatic heterocycles. The zero-order chi connectivity index (χ0) is 20.9. The molecule has 150 valence electrons. The maximum Gasteiger partial charge on any atom is 0.234 e. The fourth-order valence-corrected chi connectivity index (χ4v) is 4.34. The number of methoxy groups -OCH3 is 1. The lowest BCUT2D eigenvalue weighted by Crippen LogP contribution is -2.15. The van der Waals surface area contributed by atoms with Crippen molar-refractivity contribution in [2.75, 3.05) is 23.9 Å². The van der Waals surface area contributed by atoms with E-state index in [0.717, 1.165) is 18.0 Å². The van der Waals surface area contributed by atoms with E-state index in [1.54, 1.807) is 42.5 Å². The summed E-state index contributed by atoms with van der Waals surface area (Å²) in [5.74, 6) is 0.100. The fraction of sp³-hybridized carbons (Fsp3) is 0.105. The number of nitrogens with zero attached hydrogens (tertiary/aromatic N) is 2. The summed E-state index contributed by atoms with van der Waals surface area (Å²) >= 11 is 1.04. The number of para-hydroxylation sites is 2. The molecule has 29 heavy (non-hydrogen) atoms. The van der Waals surface area contributed by atoms with Gasteiger partial charge in [0.15, 0.2) is 5.16 Å². The van der Waals surface area contributed by atoms with Crippen molar-refractivity contribution in [3.8, 4) is 5.75 Å². The van der Waals surface area contributed by atoms with Gasteiger partial charge in [0.05, 0.1) is 29.6 Å². The predicted octanol–water partition coefficient (Wildman–Crippen LogP) is 2.63. The number of nitrogens with one attached hydrogen (secondary N) is 1. The maximum absolute atomic E-state index is 12.7. The number of aromatic nitrogens is 2. The van der Waals surface area contributed by atoms with E-state index in [0.29, 0.717) is 11.4 Å². The van der Waals surface area contributed by atoms with Crippen LogP contribution in [0.15, 0.2) is 75.7 Å². The van der Waals surface area contributed by atoms with Crippen molar-refractivity contribution >= 4 is 39.0 Å². The number of benzene rings is 2. The van der Waals surface area contributed by atoms with Crippen molar-refractivity contribution < 1.29 is 17.9 Å². The molecule has 0 unspecified atom stereocenters. The molecule has 3 N–H and O–H groups in total. The molecular weight excluding hydrogens is 412 g/mol. The topological polar surface area (TPSA) is 124 Å². The summed E-state index contributed by atoms with van der Waals surface area (Å²) in [5.41, 5.74) is 6.40. The first-order chi connectivity index (χ1) is 13.9. The molecule has 0 aliphatic heterocycles. The SMILES string of the molecule is COc1ccccc1NC(=O)CSc1ncc(S(=O)(=O)c2ccccc2)c(N)n1. The summed E-state index contributed by atoms with van der Waals surface area (Å²) in [4.78, 5) is 20.2. The van der Waals surface area contributed by atoms with E-state index >= 15 is 0 Å². The standard InChI is InChI=1S/C19H18N4O4S2/c1-27-15-10-6-5-9-14(15)22-17(24)12-28-19-21-11-16(18(20)23-19)29(25,26)13-7-3-2-4-8-13/h2-11H,12H2,1H3,(H,22,24)(H2,20,21,23). The molecular formula is C19H18N4O4S2. The van der Waals surface area contributed by atoms with Crippen molar-refractivity contribution in [1.29, 1.82) is 0 Å². The number of anilines is 2. The third kappa shape index (κ3) is 4.84. The van der Waals surface area contributed by atoms with Gasteiger partial charge in [-0.25, -0.2) is 18.4 Å². The van der Waals surface area contributed by atoms with Crippen molar-refractivity contribution in [3.05, 3.63) is 60.8 Å². The van der Waals surface area contributed by atoms with Crippen LogP contribution in [0, 0.1) is 0 Å². The molecule has 0 aliphatic rings. The Morgan fingerprint density at radius 3 is 2.52 bits per heavy atom. The third-order valence-electron chi connectivity index (χ3n) is 3.82. The lowest BCUT2D eigenvalue weighted by molar-refractivity contribution is -0.113. The highest BCUT2D eigenvalue weighted by atomic mass is 32.2. The van der Waals surface area contributed by atoms with Gasteiger partial charge in [0.2, 0.25) is 15.7 Å². The number of ether oxygens (including phenoxy) is 1. The molecule has 3 aromatic rings. The molecule has 0 saturated heterocycles. The number of nitrogens with two attached hydrogens (primary N) is 1. The average Bonchev–Trinajstić information content (AvgIpc) is 2.73. The number of sulfone groups is 1. The van der Waals surface area contributed by atoms with Crippen LogP contribution in [-0.2, 0) is 14.6 Å². The largest absolute Gasteiger partial charge is 0.495 e. The van der Waals surface area contributed by atoms with Gasteiger partial charge < -0.3 is 15.8 Å². The number of thioether (sulfide) groups is 1. The molecule has 1 amide bonds. The number of hydrogen-bond donors (Lipinski definition) is 2. The van der Waals surface area contributed by atoms with Gasteiger partial charge in [0, 0.05) is 0 Å². The number of nitrogen functional groups attached to an aromatic ring is 1. The molecule has 0 spiro atoms. The monoisotopic (exact) mass is 430 g/mol. The lowest BCUT2D eigenvalue weighted by atomic mass is 10.3. The van der Waals surface area contributed by atoms with Crippen LogP contribution in [0.1, 0.15) is 0 Å². The highest BCUT2D eigenvalue weighted by molar-refractivity contribution is 7.99. The molecule has 0 aliphatic carbocycles. The quantitative estimate of drug-likeness (QED) is 0.433. The molecule has 3 rings (SSSR count). The molecule has 0 atom stereocenters. The summed E-state index contributed by atoms with van der Waals surface area (Å²) in [6.07, 6.45) is 1.16. The van der Waals surface area contributed by atoms with Crippen molar-refractivity contribution in [2.45, 2.75) is 14.9 Å². The molecule has 1 heterocycles. The van der Waals surface area contributed by atoms with Gasteiger partial charge in [-0.1, -0.05) is 42.1 Å². The number of amides is 1. The summed E-state index contributed by atoms with van der Waals surface area (Å²) in [7, 11) is -2.30. The Labute approximate surface area is 172 Å². The zero-order valence-electron chi connectivity index (χ0n) is 15.4. The second-order valence-electron chi connectivity index (χ2n) is 5.76. The Morgan fingerprint density at radius 1 is 1.14 bits per heavy atom. The minimum absolute atomic E-state index is 0.0161. The highest BCUT2D eigenvalue weighted by Gasteiger charge is 2.22. The van der Waals surface area contributed by atoms with Crippen LogP contribution < -0.4 is 15.8 Å². The van der Waals surface area contributed by atoms with Gasteiger partial charge in [-0.05, 0) is 24.3 Å². The molecule has 0 radical (unpaired) electrons. The summed E-state index contributed by atoms with van der Waals surface area (Å²) in [6.45, 7) is 0. The molecule has 0 fully saturated rings. The summed E-state index contributed by atoms with van der Waals surface area (Å²) < 4.78 is 30.5. The minimum atomic E-state index is -3.82. The second-order valence-corrected chi connectivity index (χ2v) is 8.62. The second kappa shape index (κ2) is 8.93. The Kier molecular flexibility index (Phi) is 6.35. The Morgan fingerprint density at radius 2 is 1.83 bits per heavy atom. The number of carbonyl (C=O) groups excluding carboxylic acids is 1. The Hall–Kier alpha value is -3.11. The number of rotatable bonds is 7. The van der Waals surface area contributed by atoms with Gasteiger partial charge in [0.1, 0.15) is 16.5 Å². The molecule has 0 bridgehead atoms. The lowest BCUT2D eigenvalue weighted by Gasteiger charge is -2.10. The van der Waals surface area contributed by atoms with E-state index in [-0.39, 0.29) is 32.4 Å². The van der Waals surface area contributed by atoms with Crippen molar-refractivity contribution in [2.24, 2.45) is 0 Å². The van der Waals surface area contributed by atoms with E-state index in [2.05, 4.69) is 15.3 Å². The van der Waals surface area contributed by atoms with Gasteiger partial charge in [0.25, 0.3) is 0 Å². The molecule has 10 heteroatoms. The van der Waals surface area contributed by atoms with Gasteiger partial charge in [-0.3, -0.25) is 4.79 Å². The number of hydrogen-bond acceptors (Lipinski definition) is 8. The maximum atomic E-state index is 12.7. The first-order valence-electron chi connectivity index (χ1n) is 8.40. The van der Waals surface area contributed by atoms with Crippen LogP contribution >= 0.6 is 11.8 Å². The van der Waals surface area contributed by atoms with Crippen LogP contribution in [0.3, 0.4) is 0 Å². The van der Waals surface area contributed by atoms with Crippen molar-refractivity contribution in [3.63, 3.8) is 0 Å². The van der Waals surface area contributed by atoms with Gasteiger partial charge >= 0.3 is 0 Å². The molecule has 8 nitrogen and oxygen atoms in total. The van der Waals surface area contributed by atoms with Gasteiger partial charge in [-0.2, -0.15) is 0 Å². The number of carbonyl (C=O) groups is 1. The van der Waals surface area contributed by atoms with E-state index in [1.165, 1.54) is 19.2 Å². The van der Waals surface area contributed by atoms with Crippen LogP contribution in [0.2, 0.25) is 0 Å².